The Bertz CT molecular complexity index is 261. The molecule has 0 aromatic carbocycles. The number of fused-ring (bicyclic) bond motifs is 1. The van der Waals surface area contributed by atoms with Crippen LogP contribution >= 0.6 is 0 Å². The summed E-state index contributed by atoms with van der Waals surface area (Å²) in [6.45, 7) is 5.89. The van der Waals surface area contributed by atoms with Crippen molar-refractivity contribution in [3.05, 3.63) is 0 Å². The summed E-state index contributed by atoms with van der Waals surface area (Å²) in [7, 11) is 0. The van der Waals surface area contributed by atoms with E-state index in [2.05, 4.69) is 23.1 Å². The van der Waals surface area contributed by atoms with Crippen molar-refractivity contribution in [3.63, 3.8) is 0 Å². The maximum absolute atomic E-state index is 5.81. The molecule has 1 N–H and O–H groups in total. The first-order chi connectivity index (χ1) is 7.83. The summed E-state index contributed by atoms with van der Waals surface area (Å²) in [6, 6.07) is 1.21. The summed E-state index contributed by atoms with van der Waals surface area (Å²) in [4.78, 5) is 2.60. The Balaban J connectivity index is 1.84. The summed E-state index contributed by atoms with van der Waals surface area (Å²) in [6.07, 6.45) is 9.58. The van der Waals surface area contributed by atoms with Crippen LogP contribution in [-0.4, -0.2) is 49.3 Å². The first-order valence-electron chi connectivity index (χ1n) is 6.34. The highest BCUT2D eigenvalue weighted by Gasteiger charge is 2.37. The molecule has 3 nitrogen and oxygen atoms in total. The molecular formula is C13H22N2O. The predicted octanol–water partition coefficient (Wildman–Crippen LogP) is 0.851. The average molecular weight is 222 g/mol. The van der Waals surface area contributed by atoms with E-state index in [4.69, 9.17) is 11.2 Å². The third-order valence-corrected chi connectivity index (χ3v) is 3.76. The van der Waals surface area contributed by atoms with Gasteiger partial charge in [0.25, 0.3) is 0 Å². The summed E-state index contributed by atoms with van der Waals surface area (Å²) in [5, 5.41) is 3.29. The molecule has 16 heavy (non-hydrogen) atoms. The first kappa shape index (κ1) is 11.9. The Hall–Kier alpha value is -0.560. The normalized spacial score (nSPS) is 32.0. The van der Waals surface area contributed by atoms with Crippen molar-refractivity contribution in [2.75, 3.05) is 26.2 Å². The zero-order valence-electron chi connectivity index (χ0n) is 10.1. The van der Waals surface area contributed by atoms with Crippen LogP contribution in [-0.2, 0) is 4.74 Å². The average Bonchev–Trinajstić information content (AvgIpc) is 2.76. The minimum Gasteiger partial charge on any atom is -0.375 e. The number of terminal acetylenes is 1. The Morgan fingerprint density at radius 3 is 3.25 bits per heavy atom. The molecule has 3 unspecified atom stereocenters. The van der Waals surface area contributed by atoms with E-state index in [9.17, 15) is 0 Å². The number of morpholine rings is 1. The molecule has 3 heteroatoms. The summed E-state index contributed by atoms with van der Waals surface area (Å²) < 4.78 is 5.81. The van der Waals surface area contributed by atoms with Crippen LogP contribution < -0.4 is 5.32 Å². The highest BCUT2D eigenvalue weighted by atomic mass is 16.5. The first-order valence-corrected chi connectivity index (χ1v) is 6.34. The second-order valence-corrected chi connectivity index (χ2v) is 4.83. The fraction of sp³-hybridized carbons (Fsp3) is 0.846. The van der Waals surface area contributed by atoms with Crippen molar-refractivity contribution in [2.45, 2.75) is 44.4 Å². The molecule has 2 rings (SSSR count). The molecule has 3 atom stereocenters. The number of ether oxygens (including phenoxy) is 1. The maximum Gasteiger partial charge on any atom is 0.0731 e. The topological polar surface area (TPSA) is 24.5 Å². The lowest BCUT2D eigenvalue weighted by Crippen LogP contribution is -2.54. The van der Waals surface area contributed by atoms with Crippen molar-refractivity contribution < 1.29 is 4.74 Å². The van der Waals surface area contributed by atoms with Crippen LogP contribution in [0.2, 0.25) is 0 Å². The Labute approximate surface area is 98.5 Å². The molecule has 90 valence electrons. The molecule has 1 saturated heterocycles. The lowest BCUT2D eigenvalue weighted by molar-refractivity contribution is -0.0686. The van der Waals surface area contributed by atoms with Gasteiger partial charge in [-0.15, -0.1) is 6.42 Å². The third-order valence-electron chi connectivity index (χ3n) is 3.76. The van der Waals surface area contributed by atoms with Gasteiger partial charge in [0, 0.05) is 25.2 Å². The van der Waals surface area contributed by atoms with Crippen LogP contribution in [0, 0.1) is 12.3 Å². The van der Waals surface area contributed by atoms with Crippen LogP contribution in [0.25, 0.3) is 0 Å². The third kappa shape index (κ3) is 2.57. The summed E-state index contributed by atoms with van der Waals surface area (Å²) in [5.41, 5.74) is 0. The fourth-order valence-electron chi connectivity index (χ4n) is 2.97. The van der Waals surface area contributed by atoms with Crippen molar-refractivity contribution >= 4 is 0 Å². The van der Waals surface area contributed by atoms with Gasteiger partial charge in [-0.05, 0) is 26.2 Å². The van der Waals surface area contributed by atoms with E-state index in [1.165, 1.54) is 19.3 Å². The molecule has 0 amide bonds. The van der Waals surface area contributed by atoms with E-state index >= 15 is 0 Å². The number of hydrogen-bond acceptors (Lipinski definition) is 3. The van der Waals surface area contributed by atoms with E-state index in [-0.39, 0.29) is 0 Å². The van der Waals surface area contributed by atoms with E-state index in [0.29, 0.717) is 24.7 Å². The van der Waals surface area contributed by atoms with Crippen LogP contribution in [0.15, 0.2) is 0 Å². The van der Waals surface area contributed by atoms with Gasteiger partial charge < -0.3 is 10.1 Å². The lowest BCUT2D eigenvalue weighted by Gasteiger charge is -2.41. The largest absolute Gasteiger partial charge is 0.375 e. The van der Waals surface area contributed by atoms with Crippen molar-refractivity contribution in [1.82, 2.24) is 10.2 Å². The number of rotatable bonds is 4. The van der Waals surface area contributed by atoms with E-state index in [1.807, 2.05) is 0 Å². The van der Waals surface area contributed by atoms with Gasteiger partial charge in [0.2, 0.25) is 0 Å². The summed E-state index contributed by atoms with van der Waals surface area (Å²) >= 11 is 0. The summed E-state index contributed by atoms with van der Waals surface area (Å²) in [5.74, 6) is 2.62. The molecule has 0 bridgehead atoms. The fourth-order valence-corrected chi connectivity index (χ4v) is 2.97. The minimum absolute atomic E-state index is 0.490. The standard InChI is InChI=1S/C13H22N2O/c1-3-7-14-10-11(2)15-8-9-16-13-6-4-5-12(13)15/h1,11-14H,4-10H2,2H3. The van der Waals surface area contributed by atoms with Gasteiger partial charge in [0.15, 0.2) is 0 Å². The van der Waals surface area contributed by atoms with Crippen molar-refractivity contribution in [1.29, 1.82) is 0 Å². The molecule has 0 radical (unpaired) electrons. The molecule has 1 saturated carbocycles. The molecule has 1 heterocycles. The van der Waals surface area contributed by atoms with Gasteiger partial charge in [-0.2, -0.15) is 0 Å². The second kappa shape index (κ2) is 5.67. The van der Waals surface area contributed by atoms with Crippen molar-refractivity contribution in [3.8, 4) is 12.3 Å². The number of nitrogens with one attached hydrogen (secondary N) is 1. The van der Waals surface area contributed by atoms with Gasteiger partial charge in [-0.1, -0.05) is 5.92 Å². The molecule has 0 spiro atoms. The molecule has 0 aromatic rings. The Kier molecular flexibility index (Phi) is 4.22. The van der Waals surface area contributed by atoms with Gasteiger partial charge in [-0.3, -0.25) is 4.90 Å². The van der Waals surface area contributed by atoms with E-state index < -0.39 is 0 Å². The zero-order valence-corrected chi connectivity index (χ0v) is 10.1. The molecular weight excluding hydrogens is 200 g/mol. The molecule has 2 fully saturated rings. The van der Waals surface area contributed by atoms with Crippen LogP contribution in [0.5, 0.6) is 0 Å². The van der Waals surface area contributed by atoms with Gasteiger partial charge in [0.05, 0.1) is 19.3 Å². The zero-order chi connectivity index (χ0) is 11.4. The van der Waals surface area contributed by atoms with Crippen LogP contribution in [0.3, 0.4) is 0 Å². The predicted molar refractivity (Wildman–Crippen MR) is 65.2 cm³/mol. The maximum atomic E-state index is 5.81. The Morgan fingerprint density at radius 2 is 2.44 bits per heavy atom. The lowest BCUT2D eigenvalue weighted by atomic mass is 10.1. The SMILES string of the molecule is C#CCNCC(C)N1CCOC2CCCC21. The van der Waals surface area contributed by atoms with E-state index in [0.717, 1.165) is 19.7 Å². The van der Waals surface area contributed by atoms with Crippen LogP contribution in [0.1, 0.15) is 26.2 Å². The highest BCUT2D eigenvalue weighted by molar-refractivity contribution is 4.92. The number of hydrogen-bond donors (Lipinski definition) is 1. The molecule has 2 aliphatic rings. The second-order valence-electron chi connectivity index (χ2n) is 4.83. The van der Waals surface area contributed by atoms with Crippen molar-refractivity contribution in [2.24, 2.45) is 0 Å². The minimum atomic E-state index is 0.490. The van der Waals surface area contributed by atoms with E-state index in [1.54, 1.807) is 0 Å². The smallest absolute Gasteiger partial charge is 0.0731 e. The quantitative estimate of drug-likeness (QED) is 0.564. The van der Waals surface area contributed by atoms with Gasteiger partial charge in [0.1, 0.15) is 0 Å². The Morgan fingerprint density at radius 1 is 1.56 bits per heavy atom. The van der Waals surface area contributed by atoms with Crippen LogP contribution in [0.4, 0.5) is 0 Å². The molecule has 1 aliphatic heterocycles. The highest BCUT2D eigenvalue weighted by Crippen LogP contribution is 2.30. The monoisotopic (exact) mass is 222 g/mol. The van der Waals surface area contributed by atoms with Gasteiger partial charge in [-0.25, -0.2) is 0 Å². The van der Waals surface area contributed by atoms with Gasteiger partial charge >= 0.3 is 0 Å². The molecule has 1 aliphatic carbocycles. The number of nitrogens with zero attached hydrogens (tertiary/aromatic N) is 1. The molecule has 0 aromatic heterocycles.